The molecule has 1 heterocycles. The number of methoxy groups -OCH3 is 1. The molecular weight excluding hydrogens is 328 g/mol. The Morgan fingerprint density at radius 2 is 2.04 bits per heavy atom. The van der Waals surface area contributed by atoms with Gasteiger partial charge in [-0.1, -0.05) is 25.2 Å². The van der Waals surface area contributed by atoms with Crippen LogP contribution >= 0.6 is 11.3 Å². The fourth-order valence-corrected chi connectivity index (χ4v) is 3.31. The van der Waals surface area contributed by atoms with E-state index in [2.05, 4.69) is 20.8 Å². The number of carbonyl (C=O) groups excluding carboxylic acids is 1. The monoisotopic (exact) mass is 348 g/mol. The second-order valence-electron chi connectivity index (χ2n) is 6.36. The van der Waals surface area contributed by atoms with Crippen LogP contribution in [0.5, 0.6) is 5.75 Å². The van der Waals surface area contributed by atoms with Crippen molar-refractivity contribution in [2.75, 3.05) is 12.4 Å². The molecule has 0 spiro atoms. The molecule has 2 atom stereocenters. The second kappa shape index (κ2) is 6.37. The van der Waals surface area contributed by atoms with Gasteiger partial charge in [0.1, 0.15) is 10.8 Å². The van der Waals surface area contributed by atoms with Crippen molar-refractivity contribution in [1.82, 2.24) is 15.5 Å². The number of rotatable bonds is 4. The Kier molecular flexibility index (Phi) is 4.42. The number of urea groups is 1. The van der Waals surface area contributed by atoms with Crippen LogP contribution in [-0.2, 0) is 0 Å². The number of amides is 2. The number of carbonyl (C=O) groups is 1. The van der Waals surface area contributed by atoms with Gasteiger partial charge in [0.05, 0.1) is 13.2 Å². The number of aliphatic hydroxyl groups is 1. The van der Waals surface area contributed by atoms with Gasteiger partial charge in [-0.2, -0.15) is 0 Å². The number of hydrogen-bond donors (Lipinski definition) is 3. The first-order valence-electron chi connectivity index (χ1n) is 7.63. The first-order valence-corrected chi connectivity index (χ1v) is 8.45. The molecule has 7 nitrogen and oxygen atoms in total. The van der Waals surface area contributed by atoms with Crippen molar-refractivity contribution >= 4 is 22.5 Å². The summed E-state index contributed by atoms with van der Waals surface area (Å²) in [4.78, 5) is 12.1. The van der Waals surface area contributed by atoms with Gasteiger partial charge in [0.2, 0.25) is 5.13 Å². The number of ether oxygens (including phenoxy) is 1. The molecule has 1 fully saturated rings. The predicted molar refractivity (Wildman–Crippen MR) is 92.2 cm³/mol. The number of hydrogen-bond acceptors (Lipinski definition) is 6. The highest BCUT2D eigenvalue weighted by atomic mass is 32.1. The highest BCUT2D eigenvalue weighted by Gasteiger charge is 2.48. The van der Waals surface area contributed by atoms with Gasteiger partial charge >= 0.3 is 6.03 Å². The van der Waals surface area contributed by atoms with Crippen LogP contribution in [0.15, 0.2) is 24.3 Å². The molecule has 1 aliphatic rings. The standard InChI is InChI=1S/C16H20N4O3S/c1-16(2)11(8-12(16)21)17-14(22)18-15-20-19-13(24-15)9-4-6-10(23-3)7-5-9/h4-7,11-12,21H,8H2,1-3H3,(H2,17,18,20,22). The van der Waals surface area contributed by atoms with E-state index in [-0.39, 0.29) is 23.6 Å². The van der Waals surface area contributed by atoms with Gasteiger partial charge < -0.3 is 15.2 Å². The molecule has 0 saturated heterocycles. The van der Waals surface area contributed by atoms with Gasteiger partial charge in [-0.15, -0.1) is 10.2 Å². The maximum Gasteiger partial charge on any atom is 0.321 e. The normalized spacial score (nSPS) is 21.7. The van der Waals surface area contributed by atoms with Gasteiger partial charge in [-0.25, -0.2) is 4.79 Å². The van der Waals surface area contributed by atoms with E-state index in [1.165, 1.54) is 11.3 Å². The number of benzene rings is 1. The lowest BCUT2D eigenvalue weighted by molar-refractivity contribution is -0.0673. The molecule has 1 aromatic heterocycles. The summed E-state index contributed by atoms with van der Waals surface area (Å²) in [6.45, 7) is 3.86. The van der Waals surface area contributed by atoms with Gasteiger partial charge in [0.15, 0.2) is 0 Å². The molecule has 3 rings (SSSR count). The molecule has 0 radical (unpaired) electrons. The van der Waals surface area contributed by atoms with Crippen molar-refractivity contribution in [2.45, 2.75) is 32.4 Å². The average molecular weight is 348 g/mol. The summed E-state index contributed by atoms with van der Waals surface area (Å²) in [7, 11) is 1.61. The van der Waals surface area contributed by atoms with Gasteiger partial charge in [0.25, 0.3) is 0 Å². The largest absolute Gasteiger partial charge is 0.497 e. The number of aliphatic hydroxyl groups excluding tert-OH is 1. The van der Waals surface area contributed by atoms with Crippen molar-refractivity contribution < 1.29 is 14.6 Å². The zero-order valence-corrected chi connectivity index (χ0v) is 14.6. The molecule has 8 heteroatoms. The summed E-state index contributed by atoms with van der Waals surface area (Å²) in [6, 6.07) is 7.09. The molecule has 0 bridgehead atoms. The zero-order chi connectivity index (χ0) is 17.3. The molecule has 2 amide bonds. The summed E-state index contributed by atoms with van der Waals surface area (Å²) in [5.74, 6) is 0.770. The number of aromatic nitrogens is 2. The average Bonchev–Trinajstić information content (AvgIpc) is 3.03. The second-order valence-corrected chi connectivity index (χ2v) is 7.34. The number of anilines is 1. The summed E-state index contributed by atoms with van der Waals surface area (Å²) in [5.41, 5.74) is 0.595. The van der Waals surface area contributed by atoms with Crippen molar-refractivity contribution in [2.24, 2.45) is 5.41 Å². The van der Waals surface area contributed by atoms with Gasteiger partial charge in [0, 0.05) is 17.0 Å². The molecule has 3 N–H and O–H groups in total. The molecule has 1 aliphatic carbocycles. The van der Waals surface area contributed by atoms with Crippen LogP contribution in [0, 0.1) is 5.41 Å². The van der Waals surface area contributed by atoms with Crippen LogP contribution in [-0.4, -0.2) is 40.6 Å². The maximum atomic E-state index is 12.1. The SMILES string of the molecule is COc1ccc(-c2nnc(NC(=O)NC3CC(O)C3(C)C)s2)cc1. The van der Waals surface area contributed by atoms with Crippen LogP contribution in [0.3, 0.4) is 0 Å². The van der Waals surface area contributed by atoms with Crippen molar-refractivity contribution in [1.29, 1.82) is 0 Å². The Morgan fingerprint density at radius 1 is 1.33 bits per heavy atom. The first kappa shape index (κ1) is 16.7. The highest BCUT2D eigenvalue weighted by Crippen LogP contribution is 2.40. The number of nitrogens with zero attached hydrogens (tertiary/aromatic N) is 2. The molecule has 1 aromatic carbocycles. The third-order valence-electron chi connectivity index (χ3n) is 4.50. The smallest absolute Gasteiger partial charge is 0.321 e. The van der Waals surface area contributed by atoms with Crippen LogP contribution < -0.4 is 15.4 Å². The Hall–Kier alpha value is -2.19. The Labute approximate surface area is 144 Å². The third-order valence-corrected chi connectivity index (χ3v) is 5.39. The molecule has 24 heavy (non-hydrogen) atoms. The molecule has 0 aliphatic heterocycles. The van der Waals surface area contributed by atoms with E-state index >= 15 is 0 Å². The quantitative estimate of drug-likeness (QED) is 0.789. The van der Waals surface area contributed by atoms with Crippen LogP contribution in [0.2, 0.25) is 0 Å². The highest BCUT2D eigenvalue weighted by molar-refractivity contribution is 7.18. The summed E-state index contributed by atoms with van der Waals surface area (Å²) < 4.78 is 5.12. The van der Waals surface area contributed by atoms with E-state index in [9.17, 15) is 9.90 Å². The minimum Gasteiger partial charge on any atom is -0.497 e. The summed E-state index contributed by atoms with van der Waals surface area (Å²) in [5, 5.41) is 24.5. The molecular formula is C16H20N4O3S. The predicted octanol–water partition coefficient (Wildman–Crippen LogP) is 2.49. The molecule has 1 saturated carbocycles. The topological polar surface area (TPSA) is 96.4 Å². The summed E-state index contributed by atoms with van der Waals surface area (Å²) in [6.07, 6.45) is 0.180. The zero-order valence-electron chi connectivity index (χ0n) is 13.7. The molecule has 2 unspecified atom stereocenters. The summed E-state index contributed by atoms with van der Waals surface area (Å²) >= 11 is 1.30. The fraction of sp³-hybridized carbons (Fsp3) is 0.438. The van der Waals surface area contributed by atoms with Crippen LogP contribution in [0.25, 0.3) is 10.6 Å². The van der Waals surface area contributed by atoms with E-state index in [0.717, 1.165) is 11.3 Å². The minimum atomic E-state index is -0.383. The van der Waals surface area contributed by atoms with Crippen LogP contribution in [0.1, 0.15) is 20.3 Å². The lowest BCUT2D eigenvalue weighted by atomic mass is 9.65. The Morgan fingerprint density at radius 3 is 2.62 bits per heavy atom. The Balaban J connectivity index is 1.60. The lowest BCUT2D eigenvalue weighted by Crippen LogP contribution is -2.61. The van der Waals surface area contributed by atoms with E-state index in [0.29, 0.717) is 16.6 Å². The van der Waals surface area contributed by atoms with E-state index in [1.54, 1.807) is 7.11 Å². The van der Waals surface area contributed by atoms with Gasteiger partial charge in [-0.3, -0.25) is 5.32 Å². The van der Waals surface area contributed by atoms with E-state index in [4.69, 9.17) is 4.74 Å². The van der Waals surface area contributed by atoms with E-state index in [1.807, 2.05) is 38.1 Å². The minimum absolute atomic E-state index is 0.0542. The fourth-order valence-electron chi connectivity index (χ4n) is 2.56. The third kappa shape index (κ3) is 3.20. The van der Waals surface area contributed by atoms with E-state index < -0.39 is 0 Å². The van der Waals surface area contributed by atoms with Crippen molar-refractivity contribution in [3.63, 3.8) is 0 Å². The van der Waals surface area contributed by atoms with Crippen molar-refractivity contribution in [3.8, 4) is 16.3 Å². The van der Waals surface area contributed by atoms with Crippen molar-refractivity contribution in [3.05, 3.63) is 24.3 Å². The molecule has 2 aromatic rings. The first-order chi connectivity index (χ1) is 11.4. The van der Waals surface area contributed by atoms with Crippen LogP contribution in [0.4, 0.5) is 9.93 Å². The lowest BCUT2D eigenvalue weighted by Gasteiger charge is -2.49. The Bertz CT molecular complexity index is 729. The number of nitrogens with one attached hydrogen (secondary N) is 2. The molecule has 128 valence electrons. The maximum absolute atomic E-state index is 12.1. The van der Waals surface area contributed by atoms with Gasteiger partial charge in [-0.05, 0) is 30.7 Å².